The lowest BCUT2D eigenvalue weighted by Crippen LogP contribution is -2.34. The molecule has 1 aromatic carbocycles. The van der Waals surface area contributed by atoms with Gasteiger partial charge in [0.15, 0.2) is 0 Å². The summed E-state index contributed by atoms with van der Waals surface area (Å²) < 4.78 is 14.7. The lowest BCUT2D eigenvalue weighted by Gasteiger charge is -2.30. The van der Waals surface area contributed by atoms with Gasteiger partial charge in [0.05, 0.1) is 0 Å². The Hall–Kier alpha value is -0.410. The van der Waals surface area contributed by atoms with E-state index in [4.69, 9.17) is 0 Å². The molecule has 1 aliphatic carbocycles. The largest absolute Gasteiger partial charge is 0.314 e. The normalized spacial score (nSPS) is 17.5. The van der Waals surface area contributed by atoms with E-state index in [0.717, 1.165) is 28.9 Å². The van der Waals surface area contributed by atoms with Crippen LogP contribution in [0.2, 0.25) is 0 Å². The molecule has 1 N–H and O–H groups in total. The van der Waals surface area contributed by atoms with Crippen LogP contribution in [-0.2, 0) is 6.42 Å². The summed E-state index contributed by atoms with van der Waals surface area (Å²) in [5.41, 5.74) is 0.814. The summed E-state index contributed by atoms with van der Waals surface area (Å²) in [5.74, 6) is 0.763. The van der Waals surface area contributed by atoms with Gasteiger partial charge in [-0.2, -0.15) is 0 Å². The predicted molar refractivity (Wildman–Crippen MR) is 77.2 cm³/mol. The van der Waals surface area contributed by atoms with Gasteiger partial charge in [-0.25, -0.2) is 4.39 Å². The molecule has 0 aromatic heterocycles. The molecular weight excluding hydrogens is 293 g/mol. The van der Waals surface area contributed by atoms with Crippen molar-refractivity contribution in [3.05, 3.63) is 34.1 Å². The van der Waals surface area contributed by atoms with Gasteiger partial charge in [0, 0.05) is 10.5 Å². The first-order valence-electron chi connectivity index (χ1n) is 6.86. The number of halogens is 2. The van der Waals surface area contributed by atoms with Crippen molar-refractivity contribution >= 4 is 15.9 Å². The third-order valence-electron chi connectivity index (χ3n) is 3.81. The summed E-state index contributed by atoms with van der Waals surface area (Å²) in [4.78, 5) is 0. The van der Waals surface area contributed by atoms with Gasteiger partial charge in [0.2, 0.25) is 0 Å². The summed E-state index contributed by atoms with van der Waals surface area (Å²) in [7, 11) is 0. The molecule has 3 heteroatoms. The van der Waals surface area contributed by atoms with E-state index in [9.17, 15) is 4.39 Å². The van der Waals surface area contributed by atoms with Crippen molar-refractivity contribution in [2.45, 2.75) is 45.1 Å². The Bertz CT molecular complexity index is 390. The third-order valence-corrected chi connectivity index (χ3v) is 4.30. The highest BCUT2D eigenvalue weighted by Gasteiger charge is 2.22. The predicted octanol–water partition coefficient (Wildman–Crippen LogP) is 4.30. The van der Waals surface area contributed by atoms with Gasteiger partial charge in [-0.3, -0.25) is 0 Å². The van der Waals surface area contributed by atoms with Gasteiger partial charge < -0.3 is 5.32 Å². The topological polar surface area (TPSA) is 12.0 Å². The summed E-state index contributed by atoms with van der Waals surface area (Å²) >= 11 is 3.41. The molecule has 1 aromatic rings. The van der Waals surface area contributed by atoms with Crippen molar-refractivity contribution in [1.29, 1.82) is 0 Å². The van der Waals surface area contributed by atoms with Gasteiger partial charge in [0.1, 0.15) is 5.82 Å². The fourth-order valence-corrected chi connectivity index (χ4v) is 3.03. The smallest absolute Gasteiger partial charge is 0.126 e. The Labute approximate surface area is 117 Å². The quantitative estimate of drug-likeness (QED) is 0.825. The number of benzene rings is 1. The van der Waals surface area contributed by atoms with Gasteiger partial charge in [-0.05, 0) is 49.1 Å². The van der Waals surface area contributed by atoms with Crippen molar-refractivity contribution in [2.75, 3.05) is 6.54 Å². The molecule has 1 aliphatic rings. The Morgan fingerprint density at radius 3 is 2.83 bits per heavy atom. The molecule has 1 atom stereocenters. The van der Waals surface area contributed by atoms with E-state index in [1.807, 2.05) is 6.07 Å². The zero-order valence-electron chi connectivity index (χ0n) is 10.9. The van der Waals surface area contributed by atoms with Crippen LogP contribution >= 0.6 is 15.9 Å². The van der Waals surface area contributed by atoms with Crippen LogP contribution in [0.25, 0.3) is 0 Å². The first-order chi connectivity index (χ1) is 8.69. The van der Waals surface area contributed by atoms with Crippen molar-refractivity contribution < 1.29 is 4.39 Å². The van der Waals surface area contributed by atoms with E-state index in [1.54, 1.807) is 12.1 Å². The summed E-state index contributed by atoms with van der Waals surface area (Å²) in [6, 6.07) is 5.61. The van der Waals surface area contributed by atoms with Gasteiger partial charge in [-0.1, -0.05) is 42.1 Å². The first-order valence-corrected chi connectivity index (χ1v) is 7.65. The lowest BCUT2D eigenvalue weighted by molar-refractivity contribution is 0.259. The van der Waals surface area contributed by atoms with Crippen molar-refractivity contribution in [3.8, 4) is 0 Å². The maximum absolute atomic E-state index is 13.8. The molecule has 0 radical (unpaired) electrons. The molecule has 0 spiro atoms. The highest BCUT2D eigenvalue weighted by atomic mass is 79.9. The highest BCUT2D eigenvalue weighted by molar-refractivity contribution is 9.10. The Kier molecular flexibility index (Phi) is 5.19. The molecule has 0 aliphatic heterocycles. The van der Waals surface area contributed by atoms with Crippen molar-refractivity contribution in [2.24, 2.45) is 5.92 Å². The fourth-order valence-electron chi connectivity index (χ4n) is 2.62. The monoisotopic (exact) mass is 313 g/mol. The SMILES string of the molecule is CCNC(Cc1cc(Br)ccc1F)CC1CCC1. The lowest BCUT2D eigenvalue weighted by atomic mass is 9.80. The second kappa shape index (κ2) is 6.67. The van der Waals surface area contributed by atoms with Crippen LogP contribution in [0.4, 0.5) is 4.39 Å². The number of likely N-dealkylation sites (N-methyl/N-ethyl adjacent to an activating group) is 1. The van der Waals surface area contributed by atoms with E-state index in [0.29, 0.717) is 6.04 Å². The van der Waals surface area contributed by atoms with Crippen LogP contribution in [0.15, 0.2) is 22.7 Å². The first kappa shape index (κ1) is 14.0. The second-order valence-corrected chi connectivity index (χ2v) is 6.14. The Morgan fingerprint density at radius 1 is 1.44 bits per heavy atom. The maximum atomic E-state index is 13.8. The maximum Gasteiger partial charge on any atom is 0.126 e. The van der Waals surface area contributed by atoms with Crippen LogP contribution < -0.4 is 5.32 Å². The van der Waals surface area contributed by atoms with Crippen molar-refractivity contribution in [1.82, 2.24) is 5.32 Å². The molecule has 0 bridgehead atoms. The zero-order valence-corrected chi connectivity index (χ0v) is 12.5. The minimum Gasteiger partial charge on any atom is -0.314 e. The molecule has 0 heterocycles. The Balaban J connectivity index is 1.99. The second-order valence-electron chi connectivity index (χ2n) is 5.23. The van der Waals surface area contributed by atoms with Gasteiger partial charge in [0.25, 0.3) is 0 Å². The number of nitrogens with one attached hydrogen (secondary N) is 1. The van der Waals surface area contributed by atoms with E-state index in [-0.39, 0.29) is 5.82 Å². The highest BCUT2D eigenvalue weighted by Crippen LogP contribution is 2.31. The average molecular weight is 314 g/mol. The van der Waals surface area contributed by atoms with Crippen molar-refractivity contribution in [3.63, 3.8) is 0 Å². The molecular formula is C15H21BrFN. The summed E-state index contributed by atoms with van der Waals surface area (Å²) in [6.45, 7) is 3.07. The van der Waals surface area contributed by atoms with Crippen LogP contribution in [0.5, 0.6) is 0 Å². The molecule has 1 saturated carbocycles. The molecule has 2 rings (SSSR count). The average Bonchev–Trinajstić information content (AvgIpc) is 2.28. The molecule has 1 nitrogen and oxygen atoms in total. The zero-order chi connectivity index (χ0) is 13.0. The molecule has 100 valence electrons. The molecule has 1 unspecified atom stereocenters. The van der Waals surface area contributed by atoms with Gasteiger partial charge >= 0.3 is 0 Å². The van der Waals surface area contributed by atoms with E-state index in [2.05, 4.69) is 28.2 Å². The van der Waals surface area contributed by atoms with E-state index >= 15 is 0 Å². The summed E-state index contributed by atoms with van der Waals surface area (Å²) in [6.07, 6.45) is 6.04. The third kappa shape index (κ3) is 3.79. The standard InChI is InChI=1S/C15H21BrFN/c1-2-18-14(8-11-4-3-5-11)10-12-9-13(16)6-7-15(12)17/h6-7,9,11,14,18H,2-5,8,10H2,1H3. The Morgan fingerprint density at radius 2 is 2.22 bits per heavy atom. The molecule has 0 saturated heterocycles. The molecule has 0 amide bonds. The fraction of sp³-hybridized carbons (Fsp3) is 0.600. The van der Waals surface area contributed by atoms with E-state index in [1.165, 1.54) is 25.7 Å². The number of hydrogen-bond donors (Lipinski definition) is 1. The number of rotatable bonds is 6. The molecule has 1 fully saturated rings. The van der Waals surface area contributed by atoms with Crippen LogP contribution in [-0.4, -0.2) is 12.6 Å². The minimum atomic E-state index is -0.0882. The van der Waals surface area contributed by atoms with Crippen LogP contribution in [0.3, 0.4) is 0 Å². The van der Waals surface area contributed by atoms with E-state index < -0.39 is 0 Å². The van der Waals surface area contributed by atoms with Crippen LogP contribution in [0.1, 0.15) is 38.2 Å². The molecule has 18 heavy (non-hydrogen) atoms. The van der Waals surface area contributed by atoms with Gasteiger partial charge in [-0.15, -0.1) is 0 Å². The number of hydrogen-bond acceptors (Lipinski definition) is 1. The summed E-state index contributed by atoms with van der Waals surface area (Å²) in [5, 5.41) is 3.49. The van der Waals surface area contributed by atoms with Crippen LogP contribution in [0, 0.1) is 11.7 Å². The minimum absolute atomic E-state index is 0.0882.